The molecule has 0 aromatic heterocycles. The van der Waals surface area contributed by atoms with E-state index in [2.05, 4.69) is 158 Å². The van der Waals surface area contributed by atoms with Crippen LogP contribution in [0.25, 0.3) is 71.4 Å². The van der Waals surface area contributed by atoms with Crippen LogP contribution < -0.4 is 10.1 Å². The molecule has 0 aliphatic carbocycles. The van der Waals surface area contributed by atoms with Gasteiger partial charge in [-0.25, -0.2) is 0 Å². The Morgan fingerprint density at radius 1 is 0.620 bits per heavy atom. The summed E-state index contributed by atoms with van der Waals surface area (Å²) in [5.41, 5.74) is 8.16. The lowest BCUT2D eigenvalue weighted by molar-refractivity contribution is 0.290. The standard InChI is InChI=1S/C47H32N2O/c1-30(11-10-14-34-25-33-12-2-4-15-37(33)40-18-7-6-17-38(34)40)47-49-46-44(27-36(28-45(46)50-47)32-23-21-31(29-48)22-24-32)43-26-35-13-3-5-16-39(35)41-19-8-9-20-42(41)43/h2-28,47,49H,1H3/b14-10+,30-11+. The van der Waals surface area contributed by atoms with Crippen LogP contribution in [0.2, 0.25) is 0 Å². The van der Waals surface area contributed by atoms with Crippen molar-refractivity contribution in [3.63, 3.8) is 0 Å². The quantitative estimate of drug-likeness (QED) is 0.150. The fourth-order valence-electron chi connectivity index (χ4n) is 7.36. The van der Waals surface area contributed by atoms with Gasteiger partial charge in [-0.1, -0.05) is 127 Å². The van der Waals surface area contributed by atoms with Crippen LogP contribution >= 0.6 is 0 Å². The van der Waals surface area contributed by atoms with Gasteiger partial charge in [0.05, 0.1) is 17.3 Å². The van der Waals surface area contributed by atoms with Crippen molar-refractivity contribution >= 4 is 54.9 Å². The van der Waals surface area contributed by atoms with E-state index in [9.17, 15) is 5.26 Å². The third kappa shape index (κ3) is 5.07. The Balaban J connectivity index is 1.13. The minimum Gasteiger partial charge on any atom is -0.465 e. The summed E-state index contributed by atoms with van der Waals surface area (Å²) in [5, 5.41) is 23.0. The molecule has 3 nitrogen and oxygen atoms in total. The van der Waals surface area contributed by atoms with E-state index >= 15 is 0 Å². The van der Waals surface area contributed by atoms with E-state index in [0.29, 0.717) is 5.56 Å². The van der Waals surface area contributed by atoms with Crippen molar-refractivity contribution in [1.29, 1.82) is 5.26 Å². The van der Waals surface area contributed by atoms with Gasteiger partial charge in [0.15, 0.2) is 6.23 Å². The highest BCUT2D eigenvalue weighted by atomic mass is 16.5. The number of benzene rings is 8. The SMILES string of the molecule is C/C(=C\C=C\c1cc2ccccc2c2ccccc12)C1Nc2c(cc(-c3ccc(C#N)cc3)cc2-c2cc3ccccc3c3ccccc23)O1. The first-order chi connectivity index (χ1) is 24.6. The minimum atomic E-state index is -0.329. The molecule has 1 unspecified atom stereocenters. The lowest BCUT2D eigenvalue weighted by atomic mass is 9.90. The van der Waals surface area contributed by atoms with Crippen molar-refractivity contribution in [2.24, 2.45) is 0 Å². The maximum atomic E-state index is 9.41. The summed E-state index contributed by atoms with van der Waals surface area (Å²) < 4.78 is 6.70. The maximum Gasteiger partial charge on any atom is 0.192 e. The first-order valence-electron chi connectivity index (χ1n) is 16.9. The van der Waals surface area contributed by atoms with Gasteiger partial charge in [0.2, 0.25) is 0 Å². The summed E-state index contributed by atoms with van der Waals surface area (Å²) in [4.78, 5) is 0. The van der Waals surface area contributed by atoms with Crippen LogP contribution in [0.5, 0.6) is 5.75 Å². The highest BCUT2D eigenvalue weighted by Gasteiger charge is 2.28. The number of ether oxygens (including phenoxy) is 1. The second-order valence-electron chi connectivity index (χ2n) is 12.9. The molecule has 3 heteroatoms. The summed E-state index contributed by atoms with van der Waals surface area (Å²) in [7, 11) is 0. The monoisotopic (exact) mass is 640 g/mol. The normalized spacial score (nSPS) is 14.2. The number of hydrogen-bond donors (Lipinski definition) is 1. The third-order valence-corrected chi connectivity index (χ3v) is 9.88. The van der Waals surface area contributed by atoms with E-state index in [-0.39, 0.29) is 6.23 Å². The third-order valence-electron chi connectivity index (χ3n) is 9.88. The number of anilines is 1. The molecule has 1 heterocycles. The van der Waals surface area contributed by atoms with Crippen molar-refractivity contribution in [2.75, 3.05) is 5.32 Å². The number of hydrogen-bond acceptors (Lipinski definition) is 3. The molecule has 0 saturated heterocycles. The van der Waals surface area contributed by atoms with Crippen LogP contribution in [0.3, 0.4) is 0 Å². The van der Waals surface area contributed by atoms with Crippen LogP contribution in [-0.2, 0) is 0 Å². The lowest BCUT2D eigenvalue weighted by Gasteiger charge is -2.15. The van der Waals surface area contributed by atoms with E-state index < -0.39 is 0 Å². The molecular formula is C47H32N2O. The Hall–Kier alpha value is -6.63. The van der Waals surface area contributed by atoms with E-state index in [0.717, 1.165) is 39.3 Å². The maximum absolute atomic E-state index is 9.41. The predicted molar refractivity (Wildman–Crippen MR) is 209 cm³/mol. The lowest BCUT2D eigenvalue weighted by Crippen LogP contribution is -2.21. The van der Waals surface area contributed by atoms with Crippen molar-refractivity contribution in [3.8, 4) is 34.1 Å². The zero-order valence-electron chi connectivity index (χ0n) is 27.5. The van der Waals surface area contributed by atoms with Gasteiger partial charge in [-0.2, -0.15) is 5.26 Å². The first kappa shape index (κ1) is 29.5. The van der Waals surface area contributed by atoms with Gasteiger partial charge in [-0.05, 0) is 114 Å². The molecule has 0 fully saturated rings. The Morgan fingerprint density at radius 2 is 1.22 bits per heavy atom. The van der Waals surface area contributed by atoms with E-state index in [1.165, 1.54) is 48.7 Å². The molecule has 236 valence electrons. The number of fused-ring (bicyclic) bond motifs is 7. The van der Waals surface area contributed by atoms with Gasteiger partial charge < -0.3 is 10.1 Å². The number of allylic oxidation sites excluding steroid dienone is 2. The molecule has 1 atom stereocenters. The molecule has 8 aromatic carbocycles. The summed E-state index contributed by atoms with van der Waals surface area (Å²) in [6, 6.07) is 53.3. The van der Waals surface area contributed by atoms with E-state index in [1.807, 2.05) is 24.3 Å². The van der Waals surface area contributed by atoms with Crippen LogP contribution in [0.1, 0.15) is 18.1 Å². The number of rotatable bonds is 5. The molecule has 1 aliphatic rings. The Labute approximate surface area is 291 Å². The molecule has 0 bridgehead atoms. The van der Waals surface area contributed by atoms with E-state index in [4.69, 9.17) is 4.74 Å². The van der Waals surface area contributed by atoms with Gasteiger partial charge in [-0.3, -0.25) is 0 Å². The summed E-state index contributed by atoms with van der Waals surface area (Å²) >= 11 is 0. The van der Waals surface area contributed by atoms with Crippen LogP contribution in [0.4, 0.5) is 5.69 Å². The molecular weight excluding hydrogens is 609 g/mol. The average Bonchev–Trinajstić information content (AvgIpc) is 3.62. The molecule has 0 radical (unpaired) electrons. The highest BCUT2D eigenvalue weighted by molar-refractivity contribution is 6.15. The second-order valence-corrected chi connectivity index (χ2v) is 12.9. The topological polar surface area (TPSA) is 45.0 Å². The molecule has 50 heavy (non-hydrogen) atoms. The van der Waals surface area contributed by atoms with Gasteiger partial charge in [-0.15, -0.1) is 0 Å². The Kier molecular flexibility index (Phi) is 7.15. The summed E-state index contributed by atoms with van der Waals surface area (Å²) in [5.74, 6) is 0.807. The molecule has 9 rings (SSSR count). The number of nitrogens with zero attached hydrogens (tertiary/aromatic N) is 1. The first-order valence-corrected chi connectivity index (χ1v) is 16.9. The molecule has 1 aliphatic heterocycles. The molecule has 1 N–H and O–H groups in total. The van der Waals surface area contributed by atoms with Crippen molar-refractivity contribution in [1.82, 2.24) is 0 Å². The largest absolute Gasteiger partial charge is 0.465 e. The van der Waals surface area contributed by atoms with Gasteiger partial charge >= 0.3 is 0 Å². The summed E-state index contributed by atoms with van der Waals surface area (Å²) in [6.45, 7) is 2.11. The number of nitriles is 1. The molecule has 0 amide bonds. The minimum absolute atomic E-state index is 0.329. The zero-order chi connectivity index (χ0) is 33.6. The number of nitrogens with one attached hydrogen (secondary N) is 1. The second kappa shape index (κ2) is 12.1. The van der Waals surface area contributed by atoms with Crippen molar-refractivity contribution < 1.29 is 4.74 Å². The van der Waals surface area contributed by atoms with Crippen molar-refractivity contribution in [2.45, 2.75) is 13.2 Å². The summed E-state index contributed by atoms with van der Waals surface area (Å²) in [6.07, 6.45) is 6.13. The van der Waals surface area contributed by atoms with E-state index in [1.54, 1.807) is 0 Å². The fraction of sp³-hybridized carbons (Fsp3) is 0.0426. The van der Waals surface area contributed by atoms with Crippen LogP contribution in [-0.4, -0.2) is 6.23 Å². The zero-order valence-corrected chi connectivity index (χ0v) is 27.5. The highest BCUT2D eigenvalue weighted by Crippen LogP contribution is 2.47. The molecule has 0 spiro atoms. The van der Waals surface area contributed by atoms with Gasteiger partial charge in [0.1, 0.15) is 5.75 Å². The van der Waals surface area contributed by atoms with Crippen LogP contribution in [0, 0.1) is 11.3 Å². The Bertz CT molecular complexity index is 2730. The smallest absolute Gasteiger partial charge is 0.192 e. The van der Waals surface area contributed by atoms with Gasteiger partial charge in [0.25, 0.3) is 0 Å². The van der Waals surface area contributed by atoms with Crippen molar-refractivity contribution in [3.05, 3.63) is 174 Å². The predicted octanol–water partition coefficient (Wildman–Crippen LogP) is 12.3. The fourth-order valence-corrected chi connectivity index (χ4v) is 7.36. The van der Waals surface area contributed by atoms with Gasteiger partial charge in [0, 0.05) is 5.56 Å². The Morgan fingerprint density at radius 3 is 1.92 bits per heavy atom. The molecule has 8 aromatic rings. The molecule has 0 saturated carbocycles. The van der Waals surface area contributed by atoms with Crippen LogP contribution in [0.15, 0.2) is 163 Å². The average molecular weight is 641 g/mol.